The van der Waals surface area contributed by atoms with Gasteiger partial charge in [-0.2, -0.15) is 5.10 Å². The fourth-order valence-electron chi connectivity index (χ4n) is 3.66. The van der Waals surface area contributed by atoms with Crippen molar-refractivity contribution in [3.8, 4) is 28.2 Å². The quantitative estimate of drug-likeness (QED) is 0.462. The largest absolute Gasteiger partial charge is 0.338 e. The van der Waals surface area contributed by atoms with Gasteiger partial charge in [0.2, 0.25) is 0 Å². The maximum absolute atomic E-state index is 4.74. The van der Waals surface area contributed by atoms with E-state index in [1.165, 1.54) is 0 Å². The zero-order chi connectivity index (χ0) is 19.9. The van der Waals surface area contributed by atoms with E-state index in [2.05, 4.69) is 45.3 Å². The summed E-state index contributed by atoms with van der Waals surface area (Å²) in [7, 11) is 0. The Kier molecular flexibility index (Phi) is 3.67. The van der Waals surface area contributed by atoms with Crippen molar-refractivity contribution in [1.29, 1.82) is 0 Å². The van der Waals surface area contributed by atoms with Gasteiger partial charge in [-0.15, -0.1) is 0 Å². The highest BCUT2D eigenvalue weighted by molar-refractivity contribution is 5.88. The molecule has 6 nitrogen and oxygen atoms in total. The van der Waals surface area contributed by atoms with Crippen molar-refractivity contribution in [2.24, 2.45) is 0 Å². The molecule has 1 N–H and O–H groups in total. The molecular weight excluding hydrogens is 372 g/mol. The van der Waals surface area contributed by atoms with Crippen molar-refractivity contribution in [2.45, 2.75) is 0 Å². The molecule has 0 amide bonds. The minimum atomic E-state index is 0.844. The zero-order valence-corrected chi connectivity index (χ0v) is 15.9. The van der Waals surface area contributed by atoms with Crippen molar-refractivity contribution < 1.29 is 0 Å². The number of benzene rings is 2. The van der Waals surface area contributed by atoms with Crippen LogP contribution in [0.5, 0.6) is 0 Å². The molecule has 0 atom stereocenters. The first-order valence-electron chi connectivity index (χ1n) is 9.64. The Labute approximate surface area is 171 Å². The summed E-state index contributed by atoms with van der Waals surface area (Å²) < 4.78 is 1.88. The van der Waals surface area contributed by atoms with Crippen LogP contribution in [0.3, 0.4) is 0 Å². The maximum Gasteiger partial charge on any atom is 0.138 e. The van der Waals surface area contributed by atoms with E-state index in [4.69, 9.17) is 10.1 Å². The molecule has 0 aliphatic rings. The molecule has 30 heavy (non-hydrogen) atoms. The highest BCUT2D eigenvalue weighted by Gasteiger charge is 2.09. The smallest absolute Gasteiger partial charge is 0.138 e. The minimum absolute atomic E-state index is 0.844. The predicted molar refractivity (Wildman–Crippen MR) is 117 cm³/mol. The molecule has 0 aliphatic heterocycles. The molecule has 6 aromatic rings. The van der Waals surface area contributed by atoms with Crippen LogP contribution in [0.2, 0.25) is 0 Å². The lowest BCUT2D eigenvalue weighted by Gasteiger charge is -2.01. The molecular formula is C24H16N6. The van der Waals surface area contributed by atoms with Gasteiger partial charge in [0.25, 0.3) is 0 Å². The molecule has 4 heterocycles. The topological polar surface area (TPSA) is 72.3 Å². The van der Waals surface area contributed by atoms with Gasteiger partial charge in [-0.3, -0.25) is 9.97 Å². The number of nitrogens with zero attached hydrogens (tertiary/aromatic N) is 5. The van der Waals surface area contributed by atoms with E-state index < -0.39 is 0 Å². The number of rotatable bonds is 3. The number of hydrogen-bond donors (Lipinski definition) is 1. The number of nitrogens with one attached hydrogen (secondary N) is 1. The van der Waals surface area contributed by atoms with E-state index in [1.807, 2.05) is 41.2 Å². The summed E-state index contributed by atoms with van der Waals surface area (Å²) in [5.41, 5.74) is 7.13. The minimum Gasteiger partial charge on any atom is -0.338 e. The van der Waals surface area contributed by atoms with Crippen LogP contribution in [0.15, 0.2) is 91.6 Å². The number of pyridine rings is 2. The summed E-state index contributed by atoms with van der Waals surface area (Å²) in [6.45, 7) is 0. The third kappa shape index (κ3) is 2.82. The summed E-state index contributed by atoms with van der Waals surface area (Å²) in [5.74, 6) is 0.844. The number of aromatic nitrogens is 6. The van der Waals surface area contributed by atoms with Gasteiger partial charge in [-0.05, 0) is 53.6 Å². The van der Waals surface area contributed by atoms with Gasteiger partial charge in [0.05, 0.1) is 22.2 Å². The van der Waals surface area contributed by atoms with Crippen molar-refractivity contribution in [1.82, 2.24) is 29.7 Å². The van der Waals surface area contributed by atoms with Crippen LogP contribution in [0.25, 0.3) is 50.1 Å². The molecule has 142 valence electrons. The van der Waals surface area contributed by atoms with Crippen molar-refractivity contribution in [3.63, 3.8) is 0 Å². The summed E-state index contributed by atoms with van der Waals surface area (Å²) >= 11 is 0. The van der Waals surface area contributed by atoms with E-state index in [9.17, 15) is 0 Å². The average Bonchev–Trinajstić information content (AvgIpc) is 3.43. The molecule has 4 aromatic heterocycles. The lowest BCUT2D eigenvalue weighted by molar-refractivity contribution is 0.893. The highest BCUT2D eigenvalue weighted by Crippen LogP contribution is 2.28. The van der Waals surface area contributed by atoms with E-state index in [1.54, 1.807) is 24.8 Å². The van der Waals surface area contributed by atoms with Gasteiger partial charge in [0.1, 0.15) is 5.82 Å². The van der Waals surface area contributed by atoms with Gasteiger partial charge >= 0.3 is 0 Å². The van der Waals surface area contributed by atoms with E-state index in [-0.39, 0.29) is 0 Å². The van der Waals surface area contributed by atoms with E-state index >= 15 is 0 Å². The zero-order valence-electron chi connectivity index (χ0n) is 15.9. The Hall–Kier alpha value is -4.32. The summed E-state index contributed by atoms with van der Waals surface area (Å²) in [4.78, 5) is 16.3. The van der Waals surface area contributed by atoms with Crippen molar-refractivity contribution >= 4 is 21.9 Å². The first-order chi connectivity index (χ1) is 14.8. The number of fused-ring (bicyclic) bond motifs is 2. The standard InChI is InChI=1S/C24H16N6/c1-2-19-15-30(20-7-11-26-12-8-20)29-22(19)13-17(1)18-3-4-21-23(14-18)28-24(27-21)16-5-9-25-10-6-16/h1-15H,(H,27,28). The molecule has 6 heteroatoms. The Morgan fingerprint density at radius 2 is 1.40 bits per heavy atom. The van der Waals surface area contributed by atoms with E-state index in [0.29, 0.717) is 0 Å². The molecule has 0 saturated carbocycles. The maximum atomic E-state index is 4.74. The van der Waals surface area contributed by atoms with Crippen LogP contribution in [0.4, 0.5) is 0 Å². The second kappa shape index (κ2) is 6.63. The lowest BCUT2D eigenvalue weighted by Crippen LogP contribution is -1.93. The van der Waals surface area contributed by atoms with Crippen molar-refractivity contribution in [2.75, 3.05) is 0 Å². The molecule has 0 unspecified atom stereocenters. The molecule has 6 rings (SSSR count). The second-order valence-electron chi connectivity index (χ2n) is 7.11. The van der Waals surface area contributed by atoms with Gasteiger partial charge in [0.15, 0.2) is 0 Å². The van der Waals surface area contributed by atoms with E-state index in [0.717, 1.165) is 50.1 Å². The van der Waals surface area contributed by atoms with Crippen molar-refractivity contribution in [3.05, 3.63) is 91.6 Å². The third-order valence-electron chi connectivity index (χ3n) is 5.20. The molecule has 0 aliphatic carbocycles. The van der Waals surface area contributed by atoms with Crippen LogP contribution in [0, 0.1) is 0 Å². The molecule has 0 radical (unpaired) electrons. The lowest BCUT2D eigenvalue weighted by atomic mass is 10.0. The fourth-order valence-corrected chi connectivity index (χ4v) is 3.66. The second-order valence-corrected chi connectivity index (χ2v) is 7.11. The Morgan fingerprint density at radius 1 is 0.667 bits per heavy atom. The Bertz CT molecular complexity index is 1370. The monoisotopic (exact) mass is 388 g/mol. The third-order valence-corrected chi connectivity index (χ3v) is 5.20. The predicted octanol–water partition coefficient (Wildman–Crippen LogP) is 5.03. The highest BCUT2D eigenvalue weighted by atomic mass is 15.3. The van der Waals surface area contributed by atoms with Gasteiger partial charge in [-0.1, -0.05) is 18.2 Å². The number of aromatic amines is 1. The molecule has 0 fully saturated rings. The van der Waals surface area contributed by atoms with Crippen LogP contribution < -0.4 is 0 Å². The summed E-state index contributed by atoms with van der Waals surface area (Å²) in [6.07, 6.45) is 9.12. The molecule has 0 saturated heterocycles. The average molecular weight is 388 g/mol. The first kappa shape index (κ1) is 16.6. The van der Waals surface area contributed by atoms with Crippen LogP contribution in [0.1, 0.15) is 0 Å². The Morgan fingerprint density at radius 3 is 2.23 bits per heavy atom. The van der Waals surface area contributed by atoms with Crippen LogP contribution in [-0.2, 0) is 0 Å². The Balaban J connectivity index is 1.40. The van der Waals surface area contributed by atoms with Gasteiger partial charge in [-0.25, -0.2) is 9.67 Å². The van der Waals surface area contributed by atoms with Gasteiger partial charge < -0.3 is 4.98 Å². The van der Waals surface area contributed by atoms with Crippen LogP contribution >= 0.6 is 0 Å². The summed E-state index contributed by atoms with van der Waals surface area (Å²) in [6, 6.07) is 20.4. The van der Waals surface area contributed by atoms with Crippen LogP contribution in [-0.4, -0.2) is 29.7 Å². The first-order valence-corrected chi connectivity index (χ1v) is 9.64. The number of hydrogen-bond acceptors (Lipinski definition) is 4. The fraction of sp³-hybridized carbons (Fsp3) is 0. The van der Waals surface area contributed by atoms with Gasteiger partial charge in [0, 0.05) is 41.9 Å². The molecule has 0 bridgehead atoms. The number of imidazole rings is 1. The molecule has 2 aromatic carbocycles. The molecule has 0 spiro atoms. The normalized spacial score (nSPS) is 11.3. The number of H-pyrrole nitrogens is 1. The summed E-state index contributed by atoms with van der Waals surface area (Å²) in [5, 5.41) is 5.83. The SMILES string of the molecule is c1cc(-c2nc3ccc(-c4ccc5cn(-c6ccncc6)nc5c4)cc3[nH]2)ccn1.